The smallest absolute Gasteiger partial charge is 0.252 e. The lowest BCUT2D eigenvalue weighted by molar-refractivity contribution is 0.590. The van der Waals surface area contributed by atoms with Gasteiger partial charge in [-0.25, -0.2) is 0 Å². The average Bonchev–Trinajstić information content (AvgIpc) is 3.60. The summed E-state index contributed by atoms with van der Waals surface area (Å²) in [5.41, 5.74) is 10.3. The second-order valence-electron chi connectivity index (χ2n) is 21.5. The summed E-state index contributed by atoms with van der Waals surface area (Å²) in [5, 5.41) is 2.21. The molecule has 0 atom stereocenters. The van der Waals surface area contributed by atoms with Gasteiger partial charge >= 0.3 is 0 Å². The number of aromatic nitrogens is 1. The van der Waals surface area contributed by atoms with Crippen molar-refractivity contribution in [1.82, 2.24) is 4.57 Å². The zero-order chi connectivity index (χ0) is 48.9. The van der Waals surface area contributed by atoms with Crippen molar-refractivity contribution in [2.45, 2.75) is 105 Å². The van der Waals surface area contributed by atoms with Gasteiger partial charge in [-0.05, 0) is 121 Å². The van der Waals surface area contributed by atoms with Crippen molar-refractivity contribution in [1.29, 1.82) is 0 Å². The highest BCUT2D eigenvalue weighted by Gasteiger charge is 2.45. The van der Waals surface area contributed by atoms with E-state index < -0.39 is 17.5 Å². The highest BCUT2D eigenvalue weighted by molar-refractivity contribution is 7.00. The number of fused-ring (bicyclic) bond motifs is 7. The first kappa shape index (κ1) is 33.6. The largest absolute Gasteiger partial charge is 0.311 e. The number of nitrogens with zero attached hydrogens (tertiary/aromatic N) is 3. The topological polar surface area (TPSA) is 11.4 Å². The number of benzene rings is 7. The molecule has 0 N–H and O–H groups in total. The Morgan fingerprint density at radius 2 is 0.774 bits per heavy atom. The molecule has 0 spiro atoms. The molecule has 0 aliphatic carbocycles. The van der Waals surface area contributed by atoms with Crippen molar-refractivity contribution in [3.8, 4) is 5.69 Å². The van der Waals surface area contributed by atoms with Gasteiger partial charge in [-0.15, -0.1) is 0 Å². The van der Waals surface area contributed by atoms with Gasteiger partial charge in [0.15, 0.2) is 0 Å². The Hall–Kier alpha value is -6.00. The normalized spacial score (nSPS) is 15.4. The van der Waals surface area contributed by atoms with Gasteiger partial charge in [0.2, 0.25) is 0 Å². The van der Waals surface area contributed by atoms with Crippen molar-refractivity contribution in [3.05, 3.63) is 168 Å². The summed E-state index contributed by atoms with van der Waals surface area (Å²) in [4.78, 5) is 4.19. The molecule has 8 aromatic rings. The van der Waals surface area contributed by atoms with Crippen LogP contribution in [0.25, 0.3) is 27.5 Å². The van der Waals surface area contributed by atoms with Crippen LogP contribution in [0.4, 0.5) is 34.1 Å². The Morgan fingerprint density at radius 3 is 1.15 bits per heavy atom. The Labute approximate surface area is 378 Å². The molecule has 3 heterocycles. The third kappa shape index (κ3) is 6.40. The van der Waals surface area contributed by atoms with Crippen LogP contribution < -0.4 is 26.2 Å². The Bertz CT molecular complexity index is 3180. The summed E-state index contributed by atoms with van der Waals surface area (Å²) in [7, 11) is 0. The van der Waals surface area contributed by atoms with Gasteiger partial charge < -0.3 is 14.4 Å². The monoisotopic (exact) mass is 816 g/mol. The quantitative estimate of drug-likeness (QED) is 0.165. The van der Waals surface area contributed by atoms with Crippen LogP contribution in [0, 0.1) is 0 Å². The fourth-order valence-electron chi connectivity index (χ4n) is 9.38. The van der Waals surface area contributed by atoms with E-state index in [9.17, 15) is 8.22 Å². The van der Waals surface area contributed by atoms with Gasteiger partial charge in [0, 0.05) is 44.9 Å². The van der Waals surface area contributed by atoms with Crippen LogP contribution in [0.3, 0.4) is 0 Å². The molecule has 1 aromatic heterocycles. The molecule has 310 valence electrons. The first-order valence-corrected chi connectivity index (χ1v) is 22.1. The molecule has 0 radical (unpaired) electrons. The van der Waals surface area contributed by atoms with Crippen molar-refractivity contribution >= 4 is 79.0 Å². The van der Waals surface area contributed by atoms with E-state index in [1.807, 2.05) is 41.5 Å². The fraction of sp³-hybridized carbons (Fsp3) is 0.276. The van der Waals surface area contributed by atoms with Crippen LogP contribution in [0.2, 0.25) is 0 Å². The van der Waals surface area contributed by atoms with E-state index in [2.05, 4.69) is 165 Å². The molecule has 3 nitrogen and oxygen atoms in total. The summed E-state index contributed by atoms with van der Waals surface area (Å²) < 4.78 is 62.8. The standard InChI is InChI=1S/C58H60BN3/c1-55(2,3)37-21-27-41(28-22-37)60-50-31-25-39(57(7,8)9)33-46(50)59-47-34-40(58(10,11)12)26-32-51(47)61(42-29-23-38(24-30-42)56(4,5)6)53-36-43(35-52(60)54(53)59)62-48-19-15-13-17-44(48)45-18-14-16-20-49(45)62/h13-36H,1-12H3/i25D,26D,31D,32D,33D,34D. The maximum atomic E-state index is 10.4. The third-order valence-corrected chi connectivity index (χ3v) is 12.9. The van der Waals surface area contributed by atoms with E-state index in [4.69, 9.17) is 0 Å². The van der Waals surface area contributed by atoms with Gasteiger partial charge in [0.25, 0.3) is 6.71 Å². The molecule has 0 amide bonds. The van der Waals surface area contributed by atoms with Gasteiger partial charge in [0.05, 0.1) is 24.9 Å². The molecule has 0 unspecified atom stereocenters. The van der Waals surface area contributed by atoms with E-state index in [1.54, 1.807) is 0 Å². The van der Waals surface area contributed by atoms with Gasteiger partial charge in [-0.2, -0.15) is 0 Å². The molecule has 0 fully saturated rings. The number of rotatable bonds is 3. The lowest BCUT2D eigenvalue weighted by Crippen LogP contribution is -2.61. The van der Waals surface area contributed by atoms with Crippen LogP contribution in [-0.2, 0) is 21.7 Å². The third-order valence-electron chi connectivity index (χ3n) is 12.9. The predicted octanol–water partition coefficient (Wildman–Crippen LogP) is 14.1. The molecule has 0 saturated carbocycles. The van der Waals surface area contributed by atoms with Crippen LogP contribution in [0.1, 0.15) is 114 Å². The molecule has 62 heavy (non-hydrogen) atoms. The minimum Gasteiger partial charge on any atom is -0.311 e. The van der Waals surface area contributed by atoms with Gasteiger partial charge in [-0.3, -0.25) is 0 Å². The van der Waals surface area contributed by atoms with Crippen LogP contribution in [0.15, 0.2) is 145 Å². The molecule has 10 rings (SSSR count). The van der Waals surface area contributed by atoms with Gasteiger partial charge in [0.1, 0.15) is 0 Å². The van der Waals surface area contributed by atoms with Gasteiger partial charge in [-0.1, -0.05) is 168 Å². The fourth-order valence-corrected chi connectivity index (χ4v) is 9.38. The first-order valence-electron chi connectivity index (χ1n) is 25.1. The van der Waals surface area contributed by atoms with E-state index in [1.165, 1.54) is 0 Å². The minimum absolute atomic E-state index is 0.000508. The minimum atomic E-state index is -0.802. The predicted molar refractivity (Wildman–Crippen MR) is 270 cm³/mol. The molecule has 4 heteroatoms. The number of hydrogen-bond donors (Lipinski definition) is 0. The van der Waals surface area contributed by atoms with Crippen molar-refractivity contribution in [3.63, 3.8) is 0 Å². The lowest BCUT2D eigenvalue weighted by Gasteiger charge is -2.45. The van der Waals surface area contributed by atoms with Crippen molar-refractivity contribution < 1.29 is 8.22 Å². The summed E-state index contributed by atoms with van der Waals surface area (Å²) in [6.07, 6.45) is 0. The van der Waals surface area contributed by atoms with Crippen LogP contribution in [0.5, 0.6) is 0 Å². The zero-order valence-electron chi connectivity index (χ0n) is 44.3. The maximum absolute atomic E-state index is 10.4. The van der Waals surface area contributed by atoms with E-state index in [0.717, 1.165) is 66.8 Å². The number of hydrogen-bond acceptors (Lipinski definition) is 2. The summed E-state index contributed by atoms with van der Waals surface area (Å²) >= 11 is 0. The first-order chi connectivity index (χ1) is 31.8. The second-order valence-corrected chi connectivity index (χ2v) is 21.5. The van der Waals surface area contributed by atoms with Crippen molar-refractivity contribution in [2.75, 3.05) is 9.80 Å². The molecule has 2 aliphatic heterocycles. The van der Waals surface area contributed by atoms with Crippen LogP contribution in [-0.4, -0.2) is 11.3 Å². The maximum Gasteiger partial charge on any atom is 0.252 e. The Balaban J connectivity index is 1.45. The summed E-state index contributed by atoms with van der Waals surface area (Å²) in [5.74, 6) is 0. The van der Waals surface area contributed by atoms with Crippen LogP contribution >= 0.6 is 0 Å². The highest BCUT2D eigenvalue weighted by atomic mass is 15.2. The SMILES string of the molecule is [2H]c1c([2H])c(C(C)(C)C)c([2H])c2c1N(c1ccc(C(C)(C)C)cc1)c1cc(-n3c4ccccc4c4ccccc43)cc3c1B2c1c([2H])c(C(C)(C)C)c([2H])c([2H])c1N3c1ccc(C(C)(C)C)cc1. The molecule has 0 bridgehead atoms. The van der Waals surface area contributed by atoms with E-state index in [-0.39, 0.29) is 47.1 Å². The van der Waals surface area contributed by atoms with Crippen molar-refractivity contribution in [2.24, 2.45) is 0 Å². The van der Waals surface area contributed by atoms with E-state index >= 15 is 0 Å². The molecule has 2 aliphatic rings. The zero-order valence-corrected chi connectivity index (χ0v) is 38.3. The molecule has 0 saturated heterocycles. The Kier molecular flexibility index (Phi) is 7.45. The molecular formula is C58H60BN3. The summed E-state index contributed by atoms with van der Waals surface area (Å²) in [6, 6.07) is 38.5. The number of para-hydroxylation sites is 2. The summed E-state index contributed by atoms with van der Waals surface area (Å²) in [6.45, 7) is 24.3. The lowest BCUT2D eigenvalue weighted by atomic mass is 9.33. The average molecular weight is 816 g/mol. The van der Waals surface area contributed by atoms with E-state index in [0.29, 0.717) is 33.4 Å². The molecular weight excluding hydrogens is 749 g/mol. The second kappa shape index (κ2) is 13.8. The highest BCUT2D eigenvalue weighted by Crippen LogP contribution is 2.47. The Morgan fingerprint density at radius 1 is 0.403 bits per heavy atom. The molecule has 7 aromatic carbocycles. The number of anilines is 6.